The molecule has 1 fully saturated rings. The lowest BCUT2D eigenvalue weighted by atomic mass is 10.1. The van der Waals surface area contributed by atoms with Crippen molar-refractivity contribution in [3.8, 4) is 0 Å². The third-order valence-corrected chi connectivity index (χ3v) is 2.82. The zero-order valence-electron chi connectivity index (χ0n) is 10.4. The lowest BCUT2D eigenvalue weighted by Crippen LogP contribution is -2.41. The molecule has 0 radical (unpaired) electrons. The van der Waals surface area contributed by atoms with Gasteiger partial charge in [0.2, 0.25) is 5.91 Å². The van der Waals surface area contributed by atoms with Gasteiger partial charge < -0.3 is 15.4 Å². The largest absolute Gasteiger partial charge is 0.378 e. The Labute approximate surface area is 98.1 Å². The van der Waals surface area contributed by atoms with Crippen LogP contribution >= 0.6 is 0 Å². The first kappa shape index (κ1) is 13.5. The molecule has 0 aliphatic carbocycles. The van der Waals surface area contributed by atoms with Gasteiger partial charge in [0.25, 0.3) is 0 Å². The average Bonchev–Trinajstić information content (AvgIpc) is 2.27. The van der Waals surface area contributed by atoms with Crippen molar-refractivity contribution >= 4 is 5.91 Å². The molecular formula is C12H24N2O2. The van der Waals surface area contributed by atoms with Crippen molar-refractivity contribution in [2.45, 2.75) is 39.2 Å². The lowest BCUT2D eigenvalue weighted by molar-refractivity contribution is -0.133. The van der Waals surface area contributed by atoms with Gasteiger partial charge in [0, 0.05) is 32.7 Å². The summed E-state index contributed by atoms with van der Waals surface area (Å²) in [7, 11) is 0. The number of likely N-dealkylation sites (tertiary alicyclic amines) is 1. The molecule has 1 saturated heterocycles. The van der Waals surface area contributed by atoms with Crippen LogP contribution in [0.15, 0.2) is 0 Å². The van der Waals surface area contributed by atoms with Crippen LogP contribution in [0.5, 0.6) is 0 Å². The van der Waals surface area contributed by atoms with Crippen LogP contribution in [0.25, 0.3) is 0 Å². The standard InChI is InChI=1S/C12H24N2O2/c1-10(2)9-16-11-4-7-14(8-5-11)12(15)3-6-13/h10-11H,3-9,13H2,1-2H3. The molecule has 4 heteroatoms. The van der Waals surface area contributed by atoms with Crippen LogP contribution in [-0.4, -0.2) is 43.2 Å². The quantitative estimate of drug-likeness (QED) is 0.763. The maximum atomic E-state index is 11.6. The Morgan fingerprint density at radius 1 is 1.44 bits per heavy atom. The molecule has 2 N–H and O–H groups in total. The summed E-state index contributed by atoms with van der Waals surface area (Å²) in [6, 6.07) is 0. The summed E-state index contributed by atoms with van der Waals surface area (Å²) in [4.78, 5) is 13.5. The van der Waals surface area contributed by atoms with Gasteiger partial charge in [0.1, 0.15) is 0 Å². The molecule has 0 unspecified atom stereocenters. The SMILES string of the molecule is CC(C)COC1CCN(C(=O)CCN)CC1. The fourth-order valence-electron chi connectivity index (χ4n) is 1.88. The zero-order chi connectivity index (χ0) is 12.0. The monoisotopic (exact) mass is 228 g/mol. The van der Waals surface area contributed by atoms with E-state index in [1.165, 1.54) is 0 Å². The number of amides is 1. The molecule has 4 nitrogen and oxygen atoms in total. The predicted octanol–water partition coefficient (Wildman–Crippen LogP) is 0.999. The van der Waals surface area contributed by atoms with E-state index < -0.39 is 0 Å². The maximum Gasteiger partial charge on any atom is 0.223 e. The third-order valence-electron chi connectivity index (χ3n) is 2.82. The summed E-state index contributed by atoms with van der Waals surface area (Å²) in [5, 5.41) is 0. The van der Waals surface area contributed by atoms with Crippen LogP contribution in [0.2, 0.25) is 0 Å². The van der Waals surface area contributed by atoms with Crippen molar-refractivity contribution in [1.29, 1.82) is 0 Å². The number of rotatable bonds is 5. The first-order chi connectivity index (χ1) is 7.63. The molecule has 1 rings (SSSR count). The number of hydrogen-bond acceptors (Lipinski definition) is 3. The second kappa shape index (κ2) is 6.86. The Kier molecular flexibility index (Phi) is 5.77. The highest BCUT2D eigenvalue weighted by Gasteiger charge is 2.22. The number of nitrogens with zero attached hydrogens (tertiary/aromatic N) is 1. The Morgan fingerprint density at radius 2 is 2.06 bits per heavy atom. The topological polar surface area (TPSA) is 55.6 Å². The number of piperidine rings is 1. The molecule has 1 heterocycles. The number of ether oxygens (including phenoxy) is 1. The van der Waals surface area contributed by atoms with Gasteiger partial charge in [-0.05, 0) is 18.8 Å². The third kappa shape index (κ3) is 4.49. The molecule has 0 aromatic carbocycles. The zero-order valence-corrected chi connectivity index (χ0v) is 10.4. The normalized spacial score (nSPS) is 18.1. The molecule has 0 bridgehead atoms. The smallest absolute Gasteiger partial charge is 0.223 e. The van der Waals surface area contributed by atoms with Gasteiger partial charge in [-0.3, -0.25) is 4.79 Å². The van der Waals surface area contributed by atoms with Crippen LogP contribution < -0.4 is 5.73 Å². The molecular weight excluding hydrogens is 204 g/mol. The second-order valence-electron chi connectivity index (χ2n) is 4.85. The van der Waals surface area contributed by atoms with Crippen molar-refractivity contribution < 1.29 is 9.53 Å². The predicted molar refractivity (Wildman–Crippen MR) is 64.1 cm³/mol. The van der Waals surface area contributed by atoms with Gasteiger partial charge >= 0.3 is 0 Å². The van der Waals surface area contributed by atoms with Crippen molar-refractivity contribution in [1.82, 2.24) is 4.90 Å². The van der Waals surface area contributed by atoms with Crippen LogP contribution in [0.4, 0.5) is 0 Å². The van der Waals surface area contributed by atoms with E-state index in [1.807, 2.05) is 4.90 Å². The van der Waals surface area contributed by atoms with E-state index in [2.05, 4.69) is 13.8 Å². The van der Waals surface area contributed by atoms with Gasteiger partial charge in [-0.2, -0.15) is 0 Å². The van der Waals surface area contributed by atoms with Crippen molar-refractivity contribution in [2.24, 2.45) is 11.7 Å². The number of carbonyl (C=O) groups excluding carboxylic acids is 1. The minimum Gasteiger partial charge on any atom is -0.378 e. The Balaban J connectivity index is 2.20. The van der Waals surface area contributed by atoms with Gasteiger partial charge in [-0.15, -0.1) is 0 Å². The van der Waals surface area contributed by atoms with Crippen LogP contribution in [0.1, 0.15) is 33.1 Å². The highest BCUT2D eigenvalue weighted by molar-refractivity contribution is 5.76. The summed E-state index contributed by atoms with van der Waals surface area (Å²) in [6.45, 7) is 7.22. The van der Waals surface area contributed by atoms with E-state index >= 15 is 0 Å². The summed E-state index contributed by atoms with van der Waals surface area (Å²) in [5.41, 5.74) is 5.37. The fourth-order valence-corrected chi connectivity index (χ4v) is 1.88. The highest BCUT2D eigenvalue weighted by Crippen LogP contribution is 2.15. The van der Waals surface area contributed by atoms with Gasteiger partial charge in [-0.25, -0.2) is 0 Å². The van der Waals surface area contributed by atoms with E-state index in [0.717, 1.165) is 32.5 Å². The van der Waals surface area contributed by atoms with Crippen molar-refractivity contribution in [3.63, 3.8) is 0 Å². The van der Waals surface area contributed by atoms with E-state index in [1.54, 1.807) is 0 Å². The summed E-state index contributed by atoms with van der Waals surface area (Å²) < 4.78 is 5.77. The Bertz CT molecular complexity index is 211. The number of hydrogen-bond donors (Lipinski definition) is 1. The summed E-state index contributed by atoms with van der Waals surface area (Å²) in [6.07, 6.45) is 2.73. The molecule has 1 aliphatic heterocycles. The highest BCUT2D eigenvalue weighted by atomic mass is 16.5. The molecule has 0 aromatic heterocycles. The number of nitrogens with two attached hydrogens (primary N) is 1. The Morgan fingerprint density at radius 3 is 2.56 bits per heavy atom. The molecule has 0 atom stereocenters. The summed E-state index contributed by atoms with van der Waals surface area (Å²) in [5.74, 6) is 0.765. The second-order valence-corrected chi connectivity index (χ2v) is 4.85. The average molecular weight is 228 g/mol. The van der Waals surface area contributed by atoms with Crippen molar-refractivity contribution in [3.05, 3.63) is 0 Å². The fraction of sp³-hybridized carbons (Fsp3) is 0.917. The van der Waals surface area contributed by atoms with E-state index in [9.17, 15) is 4.79 Å². The first-order valence-corrected chi connectivity index (χ1v) is 6.23. The molecule has 16 heavy (non-hydrogen) atoms. The van der Waals surface area contributed by atoms with Crippen LogP contribution in [0.3, 0.4) is 0 Å². The van der Waals surface area contributed by atoms with E-state index in [-0.39, 0.29) is 5.91 Å². The molecule has 1 aliphatic rings. The van der Waals surface area contributed by atoms with Gasteiger partial charge in [0.05, 0.1) is 6.10 Å². The van der Waals surface area contributed by atoms with E-state index in [0.29, 0.717) is 25.0 Å². The minimum atomic E-state index is 0.185. The number of carbonyl (C=O) groups is 1. The van der Waals surface area contributed by atoms with Gasteiger partial charge in [0.15, 0.2) is 0 Å². The molecule has 1 amide bonds. The molecule has 94 valence electrons. The van der Waals surface area contributed by atoms with Crippen LogP contribution in [-0.2, 0) is 9.53 Å². The summed E-state index contributed by atoms with van der Waals surface area (Å²) >= 11 is 0. The first-order valence-electron chi connectivity index (χ1n) is 6.23. The van der Waals surface area contributed by atoms with Crippen LogP contribution in [0, 0.1) is 5.92 Å². The van der Waals surface area contributed by atoms with Gasteiger partial charge in [-0.1, -0.05) is 13.8 Å². The molecule has 0 spiro atoms. The van der Waals surface area contributed by atoms with E-state index in [4.69, 9.17) is 10.5 Å². The maximum absolute atomic E-state index is 11.6. The Hall–Kier alpha value is -0.610. The molecule has 0 saturated carbocycles. The lowest BCUT2D eigenvalue weighted by Gasteiger charge is -2.32. The molecule has 0 aromatic rings. The minimum absolute atomic E-state index is 0.185. The van der Waals surface area contributed by atoms with Crippen molar-refractivity contribution in [2.75, 3.05) is 26.2 Å².